The Morgan fingerprint density at radius 3 is 2.08 bits per heavy atom. The van der Waals surface area contributed by atoms with Crippen LogP contribution in [0.2, 0.25) is 0 Å². The van der Waals surface area contributed by atoms with E-state index in [0.29, 0.717) is 0 Å². The van der Waals surface area contributed by atoms with Crippen molar-refractivity contribution >= 4 is 63.3 Å². The summed E-state index contributed by atoms with van der Waals surface area (Å²) >= 11 is 0. The Morgan fingerprint density at radius 2 is 1.77 bits per heavy atom. The molecule has 0 radical (unpaired) electrons. The van der Waals surface area contributed by atoms with Gasteiger partial charge < -0.3 is 20.1 Å². The molecule has 3 N–H and O–H groups in total. The third kappa shape index (κ3) is 5.73. The van der Waals surface area contributed by atoms with Crippen LogP contribution in [0.25, 0.3) is 0 Å². The van der Waals surface area contributed by atoms with Gasteiger partial charge in [-0.05, 0) is 6.92 Å². The van der Waals surface area contributed by atoms with Gasteiger partial charge in [-0.2, -0.15) is 0 Å². The average Bonchev–Trinajstić information content (AvgIpc) is 2.02. The number of carbonyl (C=O) groups is 2. The van der Waals surface area contributed by atoms with Gasteiger partial charge in [-0.25, -0.2) is 9.59 Å². The summed E-state index contributed by atoms with van der Waals surface area (Å²) in [7, 11) is 0. The fourth-order valence-electron chi connectivity index (χ4n) is 0.492. The summed E-state index contributed by atoms with van der Waals surface area (Å²) in [6, 6.07) is 0. The van der Waals surface area contributed by atoms with Crippen molar-refractivity contribution in [1.82, 2.24) is 0 Å². The molecule has 0 aliphatic carbocycles. The molecule has 7 heteroatoms. The zero-order valence-electron chi connectivity index (χ0n) is 6.43. The Balaban J connectivity index is 0. The molecule has 72 valence electrons. The summed E-state index contributed by atoms with van der Waals surface area (Å²) < 4.78 is 4.26. The van der Waals surface area contributed by atoms with E-state index in [2.05, 4.69) is 4.74 Å². The van der Waals surface area contributed by atoms with Gasteiger partial charge in [-0.3, -0.25) is 0 Å². The Bertz CT molecular complexity index is 182. The molecule has 0 saturated carbocycles. The van der Waals surface area contributed by atoms with Crippen molar-refractivity contribution in [3.63, 3.8) is 0 Å². The number of aliphatic hydroxyl groups excluding tert-OH is 2. The van der Waals surface area contributed by atoms with E-state index in [4.69, 9.17) is 15.3 Å². The van der Waals surface area contributed by atoms with E-state index in [1.165, 1.54) is 6.92 Å². The SMILES string of the molecule is CCOC(=O)C(O)C(O)C(=O)O.[KH]. The molecule has 0 aliphatic rings. The van der Waals surface area contributed by atoms with Crippen molar-refractivity contribution in [2.45, 2.75) is 19.1 Å². The number of aliphatic hydroxyl groups is 2. The van der Waals surface area contributed by atoms with Gasteiger partial charge in [0.25, 0.3) is 0 Å². The molecule has 0 bridgehead atoms. The summed E-state index contributed by atoms with van der Waals surface area (Å²) in [5.74, 6) is -2.82. The van der Waals surface area contributed by atoms with Crippen molar-refractivity contribution in [2.75, 3.05) is 6.61 Å². The molecule has 0 heterocycles. The molecule has 2 atom stereocenters. The molecular weight excluding hydrogens is 207 g/mol. The van der Waals surface area contributed by atoms with Gasteiger partial charge in [0.15, 0.2) is 12.2 Å². The van der Waals surface area contributed by atoms with Crippen LogP contribution in [-0.2, 0) is 14.3 Å². The summed E-state index contributed by atoms with van der Waals surface area (Å²) in [6.07, 6.45) is -4.16. The fourth-order valence-corrected chi connectivity index (χ4v) is 0.492. The number of carboxylic acid groups (broad SMARTS) is 1. The monoisotopic (exact) mass is 218 g/mol. The van der Waals surface area contributed by atoms with Gasteiger partial charge in [-0.1, -0.05) is 0 Å². The van der Waals surface area contributed by atoms with E-state index in [9.17, 15) is 9.59 Å². The van der Waals surface area contributed by atoms with Crippen molar-refractivity contribution in [2.24, 2.45) is 0 Å². The fraction of sp³-hybridized carbons (Fsp3) is 0.667. The minimum absolute atomic E-state index is 0. The second-order valence-corrected chi connectivity index (χ2v) is 1.98. The molecule has 0 fully saturated rings. The number of hydrogen-bond acceptors (Lipinski definition) is 5. The average molecular weight is 218 g/mol. The van der Waals surface area contributed by atoms with Gasteiger partial charge >= 0.3 is 63.3 Å². The predicted molar refractivity (Wildman–Crippen MR) is 43.4 cm³/mol. The maximum atomic E-state index is 10.6. The zero-order valence-corrected chi connectivity index (χ0v) is 6.43. The van der Waals surface area contributed by atoms with Gasteiger partial charge in [0, 0.05) is 0 Å². The van der Waals surface area contributed by atoms with Gasteiger partial charge in [0.1, 0.15) is 0 Å². The number of rotatable bonds is 4. The molecular formula is C6H11KO6. The third-order valence-corrected chi connectivity index (χ3v) is 1.08. The molecule has 13 heavy (non-hydrogen) atoms. The molecule has 0 aromatic heterocycles. The summed E-state index contributed by atoms with van der Waals surface area (Å²) in [5.41, 5.74) is 0. The van der Waals surface area contributed by atoms with Crippen LogP contribution in [0.4, 0.5) is 0 Å². The van der Waals surface area contributed by atoms with E-state index < -0.39 is 24.1 Å². The standard InChI is InChI=1S/C6H10O6.K.H/c1-2-12-6(11)4(8)3(7)5(9)10;;/h3-4,7-8H,2H2,1H3,(H,9,10);;. The molecule has 0 aromatic carbocycles. The maximum absolute atomic E-state index is 10.6. The Kier molecular flexibility index (Phi) is 9.64. The van der Waals surface area contributed by atoms with Gasteiger partial charge in [-0.15, -0.1) is 0 Å². The van der Waals surface area contributed by atoms with Crippen LogP contribution in [0.1, 0.15) is 6.92 Å². The number of aliphatic carboxylic acids is 1. The second kappa shape index (κ2) is 7.86. The van der Waals surface area contributed by atoms with E-state index in [1.807, 2.05) is 0 Å². The normalized spacial score (nSPS) is 13.8. The van der Waals surface area contributed by atoms with Crippen molar-refractivity contribution in [3.8, 4) is 0 Å². The quantitative estimate of drug-likeness (QED) is 0.362. The molecule has 0 aromatic rings. The molecule has 0 amide bonds. The topological polar surface area (TPSA) is 104 Å². The number of hydrogen-bond donors (Lipinski definition) is 3. The molecule has 0 aliphatic heterocycles. The van der Waals surface area contributed by atoms with E-state index in [1.54, 1.807) is 0 Å². The van der Waals surface area contributed by atoms with E-state index >= 15 is 0 Å². The summed E-state index contributed by atoms with van der Waals surface area (Å²) in [6.45, 7) is 1.51. The second-order valence-electron chi connectivity index (χ2n) is 1.98. The number of esters is 1. The summed E-state index contributed by atoms with van der Waals surface area (Å²) in [4.78, 5) is 20.6. The Morgan fingerprint density at radius 1 is 1.31 bits per heavy atom. The van der Waals surface area contributed by atoms with E-state index in [0.717, 1.165) is 0 Å². The van der Waals surface area contributed by atoms with Crippen LogP contribution >= 0.6 is 0 Å². The number of carboxylic acids is 1. The van der Waals surface area contributed by atoms with Crippen LogP contribution in [0, 0.1) is 0 Å². The van der Waals surface area contributed by atoms with Crippen LogP contribution in [0.3, 0.4) is 0 Å². The molecule has 2 unspecified atom stereocenters. The van der Waals surface area contributed by atoms with Crippen LogP contribution in [-0.4, -0.2) is 97.5 Å². The number of ether oxygens (including phenoxy) is 1. The molecule has 0 saturated heterocycles. The van der Waals surface area contributed by atoms with Crippen molar-refractivity contribution in [3.05, 3.63) is 0 Å². The van der Waals surface area contributed by atoms with Crippen molar-refractivity contribution < 1.29 is 29.6 Å². The first-order chi connectivity index (χ1) is 5.50. The molecule has 0 rings (SSSR count). The summed E-state index contributed by atoms with van der Waals surface area (Å²) in [5, 5.41) is 25.6. The van der Waals surface area contributed by atoms with Crippen LogP contribution in [0.5, 0.6) is 0 Å². The first-order valence-corrected chi connectivity index (χ1v) is 3.26. The molecule has 0 spiro atoms. The number of carbonyl (C=O) groups excluding carboxylic acids is 1. The first kappa shape index (κ1) is 15.9. The Hall–Kier alpha value is 0.496. The van der Waals surface area contributed by atoms with Crippen molar-refractivity contribution in [1.29, 1.82) is 0 Å². The van der Waals surface area contributed by atoms with Gasteiger partial charge in [0.05, 0.1) is 6.61 Å². The first-order valence-electron chi connectivity index (χ1n) is 3.26. The zero-order chi connectivity index (χ0) is 9.72. The van der Waals surface area contributed by atoms with E-state index in [-0.39, 0.29) is 58.0 Å². The van der Waals surface area contributed by atoms with Crippen LogP contribution in [0.15, 0.2) is 0 Å². The minimum atomic E-state index is -2.14. The third-order valence-electron chi connectivity index (χ3n) is 1.08. The molecule has 6 nitrogen and oxygen atoms in total. The predicted octanol–water partition coefficient (Wildman–Crippen LogP) is -2.29. The van der Waals surface area contributed by atoms with Crippen LogP contribution < -0.4 is 0 Å². The Labute approximate surface area is 117 Å². The van der Waals surface area contributed by atoms with Gasteiger partial charge in [0.2, 0.25) is 0 Å².